The molecule has 0 saturated heterocycles. The second-order valence-electron chi connectivity index (χ2n) is 5.52. The average Bonchev–Trinajstić information content (AvgIpc) is 2.66. The van der Waals surface area contributed by atoms with E-state index in [-0.39, 0.29) is 29.7 Å². The SMILES string of the molecule is CCNC(=NCc1ccc(O)c(F)c1)NCc1ccc(OC)c(OC)c1.I. The molecule has 0 saturated carbocycles. The van der Waals surface area contributed by atoms with E-state index in [2.05, 4.69) is 15.6 Å². The van der Waals surface area contributed by atoms with Crippen molar-refractivity contribution in [1.82, 2.24) is 10.6 Å². The first-order valence-electron chi connectivity index (χ1n) is 8.27. The van der Waals surface area contributed by atoms with Gasteiger partial charge in [0.25, 0.3) is 0 Å². The number of hydrogen-bond donors (Lipinski definition) is 3. The molecule has 8 heteroatoms. The second kappa shape index (κ2) is 11.5. The highest BCUT2D eigenvalue weighted by Crippen LogP contribution is 2.27. The maximum atomic E-state index is 13.4. The monoisotopic (exact) mass is 489 g/mol. The zero-order valence-corrected chi connectivity index (χ0v) is 17.9. The summed E-state index contributed by atoms with van der Waals surface area (Å²) in [5.74, 6) is 0.924. The third kappa shape index (κ3) is 6.78. The predicted octanol–water partition coefficient (Wildman–Crippen LogP) is 3.42. The highest BCUT2D eigenvalue weighted by Gasteiger charge is 2.06. The maximum absolute atomic E-state index is 13.4. The molecular formula is C19H25FIN3O3. The molecular weight excluding hydrogens is 464 g/mol. The Morgan fingerprint density at radius 3 is 2.37 bits per heavy atom. The van der Waals surface area contributed by atoms with Crippen molar-refractivity contribution in [2.24, 2.45) is 4.99 Å². The molecule has 2 rings (SSSR count). The molecule has 0 amide bonds. The number of methoxy groups -OCH3 is 2. The number of nitrogens with one attached hydrogen (secondary N) is 2. The van der Waals surface area contributed by atoms with Crippen molar-refractivity contribution in [3.63, 3.8) is 0 Å². The van der Waals surface area contributed by atoms with Crippen molar-refractivity contribution in [3.8, 4) is 17.2 Å². The summed E-state index contributed by atoms with van der Waals surface area (Å²) in [6.07, 6.45) is 0. The number of aliphatic imine (C=N–C) groups is 1. The molecule has 0 aliphatic heterocycles. The molecule has 0 aliphatic rings. The zero-order valence-electron chi connectivity index (χ0n) is 15.6. The van der Waals surface area contributed by atoms with Gasteiger partial charge in [0.2, 0.25) is 0 Å². The predicted molar refractivity (Wildman–Crippen MR) is 115 cm³/mol. The van der Waals surface area contributed by atoms with E-state index in [1.165, 1.54) is 12.1 Å². The Hall–Kier alpha value is -2.23. The molecule has 0 radical (unpaired) electrons. The van der Waals surface area contributed by atoms with Gasteiger partial charge in [0, 0.05) is 13.1 Å². The molecule has 0 fully saturated rings. The normalized spacial score (nSPS) is 10.7. The number of aromatic hydroxyl groups is 1. The third-order valence-electron chi connectivity index (χ3n) is 3.68. The largest absolute Gasteiger partial charge is 0.505 e. The second-order valence-corrected chi connectivity index (χ2v) is 5.52. The van der Waals surface area contributed by atoms with Crippen molar-refractivity contribution in [2.45, 2.75) is 20.0 Å². The minimum Gasteiger partial charge on any atom is -0.505 e. The van der Waals surface area contributed by atoms with Crippen molar-refractivity contribution in [1.29, 1.82) is 0 Å². The van der Waals surface area contributed by atoms with E-state index in [1.54, 1.807) is 20.3 Å². The van der Waals surface area contributed by atoms with Gasteiger partial charge in [-0.3, -0.25) is 0 Å². The molecule has 2 aromatic carbocycles. The van der Waals surface area contributed by atoms with Crippen molar-refractivity contribution >= 4 is 29.9 Å². The molecule has 2 aromatic rings. The molecule has 6 nitrogen and oxygen atoms in total. The first kappa shape index (κ1) is 22.8. The maximum Gasteiger partial charge on any atom is 0.191 e. The highest BCUT2D eigenvalue weighted by atomic mass is 127. The van der Waals surface area contributed by atoms with Crippen molar-refractivity contribution < 1.29 is 19.0 Å². The van der Waals surface area contributed by atoms with Crippen LogP contribution in [0.1, 0.15) is 18.1 Å². The molecule has 3 N–H and O–H groups in total. The molecule has 0 heterocycles. The van der Waals surface area contributed by atoms with E-state index >= 15 is 0 Å². The third-order valence-corrected chi connectivity index (χ3v) is 3.68. The molecule has 0 unspecified atom stereocenters. The van der Waals surface area contributed by atoms with Gasteiger partial charge < -0.3 is 25.2 Å². The van der Waals surface area contributed by atoms with Crippen LogP contribution in [0.2, 0.25) is 0 Å². The number of hydrogen-bond acceptors (Lipinski definition) is 4. The van der Waals surface area contributed by atoms with Crippen LogP contribution in [0.3, 0.4) is 0 Å². The Morgan fingerprint density at radius 2 is 1.74 bits per heavy atom. The van der Waals surface area contributed by atoms with Crippen LogP contribution in [0.4, 0.5) is 4.39 Å². The Morgan fingerprint density at radius 1 is 1.04 bits per heavy atom. The number of benzene rings is 2. The van der Waals surface area contributed by atoms with E-state index in [0.29, 0.717) is 42.7 Å². The van der Waals surface area contributed by atoms with Crippen LogP contribution in [0.25, 0.3) is 0 Å². The number of ether oxygens (including phenoxy) is 2. The summed E-state index contributed by atoms with van der Waals surface area (Å²) in [6.45, 7) is 3.49. The number of phenolic OH excluding ortho intramolecular Hbond substituents is 1. The molecule has 0 bridgehead atoms. The van der Waals surface area contributed by atoms with Crippen LogP contribution in [0, 0.1) is 5.82 Å². The summed E-state index contributed by atoms with van der Waals surface area (Å²) in [7, 11) is 3.19. The van der Waals surface area contributed by atoms with Gasteiger partial charge in [0.1, 0.15) is 0 Å². The highest BCUT2D eigenvalue weighted by molar-refractivity contribution is 14.0. The van der Waals surface area contributed by atoms with Crippen LogP contribution < -0.4 is 20.1 Å². The van der Waals surface area contributed by atoms with Crippen LogP contribution in [-0.4, -0.2) is 31.8 Å². The Labute approximate surface area is 175 Å². The first-order chi connectivity index (χ1) is 12.6. The Kier molecular flexibility index (Phi) is 9.70. The zero-order chi connectivity index (χ0) is 18.9. The topological polar surface area (TPSA) is 75.1 Å². The Bertz CT molecular complexity index is 772. The van der Waals surface area contributed by atoms with Crippen molar-refractivity contribution in [2.75, 3.05) is 20.8 Å². The van der Waals surface area contributed by atoms with Gasteiger partial charge in [0.15, 0.2) is 29.0 Å². The van der Waals surface area contributed by atoms with Gasteiger partial charge in [-0.2, -0.15) is 0 Å². The molecule has 27 heavy (non-hydrogen) atoms. The quantitative estimate of drug-likeness (QED) is 0.316. The minimum atomic E-state index is -0.652. The van der Waals surface area contributed by atoms with Crippen LogP contribution in [0.15, 0.2) is 41.4 Å². The summed E-state index contributed by atoms with van der Waals surface area (Å²) >= 11 is 0. The summed E-state index contributed by atoms with van der Waals surface area (Å²) in [6, 6.07) is 9.91. The number of halogens is 2. The number of guanidine groups is 1. The fourth-order valence-electron chi connectivity index (χ4n) is 2.34. The number of rotatable bonds is 7. The summed E-state index contributed by atoms with van der Waals surface area (Å²) < 4.78 is 23.9. The van der Waals surface area contributed by atoms with Gasteiger partial charge in [-0.15, -0.1) is 24.0 Å². The summed E-state index contributed by atoms with van der Waals surface area (Å²) in [5, 5.41) is 15.6. The number of phenols is 1. The molecule has 0 aliphatic carbocycles. The molecule has 0 atom stereocenters. The van der Waals surface area contributed by atoms with E-state index in [1.807, 2.05) is 25.1 Å². The van der Waals surface area contributed by atoms with Gasteiger partial charge in [-0.1, -0.05) is 12.1 Å². The molecule has 0 aromatic heterocycles. The summed E-state index contributed by atoms with van der Waals surface area (Å²) in [4.78, 5) is 4.44. The lowest BCUT2D eigenvalue weighted by Crippen LogP contribution is -2.36. The summed E-state index contributed by atoms with van der Waals surface area (Å²) in [5.41, 5.74) is 1.67. The molecule has 0 spiro atoms. The van der Waals surface area contributed by atoms with E-state index in [4.69, 9.17) is 9.47 Å². The smallest absolute Gasteiger partial charge is 0.191 e. The lowest BCUT2D eigenvalue weighted by molar-refractivity contribution is 0.354. The lowest BCUT2D eigenvalue weighted by atomic mass is 10.2. The number of nitrogens with zero attached hydrogens (tertiary/aromatic N) is 1. The van der Waals surface area contributed by atoms with Crippen LogP contribution in [0.5, 0.6) is 17.2 Å². The van der Waals surface area contributed by atoms with Gasteiger partial charge in [-0.05, 0) is 42.3 Å². The van der Waals surface area contributed by atoms with E-state index < -0.39 is 5.82 Å². The molecule has 148 valence electrons. The van der Waals surface area contributed by atoms with Gasteiger partial charge >= 0.3 is 0 Å². The standard InChI is InChI=1S/C19H24FN3O3.HI/c1-4-21-19(22-11-13-5-7-16(24)15(20)9-13)23-12-14-6-8-17(25-2)18(10-14)26-3;/h5-10,24H,4,11-12H2,1-3H3,(H2,21,22,23);1H. The fraction of sp³-hybridized carbons (Fsp3) is 0.316. The minimum absolute atomic E-state index is 0. The van der Waals surface area contributed by atoms with Crippen molar-refractivity contribution in [3.05, 3.63) is 53.3 Å². The first-order valence-corrected chi connectivity index (χ1v) is 8.27. The lowest BCUT2D eigenvalue weighted by Gasteiger charge is -2.13. The fourth-order valence-corrected chi connectivity index (χ4v) is 2.34. The van der Waals surface area contributed by atoms with Gasteiger partial charge in [-0.25, -0.2) is 9.38 Å². The Balaban J connectivity index is 0.00000364. The average molecular weight is 489 g/mol. The van der Waals surface area contributed by atoms with Gasteiger partial charge in [0.05, 0.1) is 20.8 Å². The van der Waals surface area contributed by atoms with E-state index in [0.717, 1.165) is 5.56 Å². The van der Waals surface area contributed by atoms with E-state index in [9.17, 15) is 9.50 Å². The van der Waals surface area contributed by atoms with Crippen LogP contribution in [-0.2, 0) is 13.1 Å². The van der Waals surface area contributed by atoms with Crippen LogP contribution >= 0.6 is 24.0 Å².